The molecule has 0 aliphatic rings. The third-order valence-electron chi connectivity index (χ3n) is 2.34. The zero-order chi connectivity index (χ0) is 11.9. The maximum Gasteiger partial charge on any atom is 0.389 e. The van der Waals surface area contributed by atoms with Crippen molar-refractivity contribution in [2.45, 2.75) is 51.4 Å². The van der Waals surface area contributed by atoms with Crippen LogP contribution in [-0.4, -0.2) is 32.0 Å². The van der Waals surface area contributed by atoms with Crippen LogP contribution in [0.5, 0.6) is 0 Å². The summed E-state index contributed by atoms with van der Waals surface area (Å²) in [5, 5.41) is 2.89. The van der Waals surface area contributed by atoms with Gasteiger partial charge in [-0.05, 0) is 26.8 Å². The van der Waals surface area contributed by atoms with E-state index >= 15 is 0 Å². The first kappa shape index (κ1) is 14.7. The lowest BCUT2D eigenvalue weighted by molar-refractivity contribution is -0.138. The van der Waals surface area contributed by atoms with Crippen molar-refractivity contribution >= 4 is 0 Å². The van der Waals surface area contributed by atoms with E-state index in [1.54, 1.807) is 7.05 Å². The summed E-state index contributed by atoms with van der Waals surface area (Å²) >= 11 is 0. The maximum absolute atomic E-state index is 12.0. The van der Waals surface area contributed by atoms with Gasteiger partial charge in [-0.2, -0.15) is 13.2 Å². The first-order valence-electron chi connectivity index (χ1n) is 5.30. The Balaban J connectivity index is 4.09. The first-order chi connectivity index (χ1) is 6.94. The second-order valence-electron chi connectivity index (χ2n) is 3.45. The van der Waals surface area contributed by atoms with Crippen molar-refractivity contribution in [1.29, 1.82) is 0 Å². The normalized spacial score (nSPS) is 16.4. The van der Waals surface area contributed by atoms with Crippen molar-refractivity contribution in [3.05, 3.63) is 0 Å². The standard InChI is InChI=1S/C10H20F3NO/c1-4-9(15-5-2)8(14-3)6-7-10(11,12)13/h8-9,14H,4-7H2,1-3H3. The van der Waals surface area contributed by atoms with Gasteiger partial charge in [0.05, 0.1) is 6.10 Å². The van der Waals surface area contributed by atoms with Gasteiger partial charge in [0.2, 0.25) is 0 Å². The van der Waals surface area contributed by atoms with Gasteiger partial charge in [0.25, 0.3) is 0 Å². The minimum atomic E-state index is -4.08. The van der Waals surface area contributed by atoms with Crippen molar-refractivity contribution in [2.75, 3.05) is 13.7 Å². The molecule has 0 saturated heterocycles. The van der Waals surface area contributed by atoms with Gasteiger partial charge in [0.15, 0.2) is 0 Å². The van der Waals surface area contributed by atoms with Crippen LogP contribution in [0.15, 0.2) is 0 Å². The molecule has 2 nitrogen and oxygen atoms in total. The molecular formula is C10H20F3NO. The summed E-state index contributed by atoms with van der Waals surface area (Å²) in [6.45, 7) is 4.29. The van der Waals surface area contributed by atoms with E-state index in [1.807, 2.05) is 13.8 Å². The number of rotatable bonds is 7. The Hall–Kier alpha value is -0.290. The summed E-state index contributed by atoms with van der Waals surface area (Å²) in [7, 11) is 1.67. The zero-order valence-electron chi connectivity index (χ0n) is 9.53. The Kier molecular flexibility index (Phi) is 6.92. The molecule has 0 spiro atoms. The molecule has 0 fully saturated rings. The van der Waals surface area contributed by atoms with Crippen LogP contribution in [0.4, 0.5) is 13.2 Å². The molecule has 5 heteroatoms. The van der Waals surface area contributed by atoms with Gasteiger partial charge < -0.3 is 10.1 Å². The van der Waals surface area contributed by atoms with E-state index < -0.39 is 12.6 Å². The fourth-order valence-electron chi connectivity index (χ4n) is 1.57. The smallest absolute Gasteiger partial charge is 0.377 e. The third-order valence-corrected chi connectivity index (χ3v) is 2.34. The number of alkyl halides is 3. The van der Waals surface area contributed by atoms with Crippen molar-refractivity contribution in [1.82, 2.24) is 5.32 Å². The topological polar surface area (TPSA) is 21.3 Å². The second kappa shape index (κ2) is 7.06. The molecule has 0 radical (unpaired) electrons. The van der Waals surface area contributed by atoms with Gasteiger partial charge in [0, 0.05) is 19.1 Å². The maximum atomic E-state index is 12.0. The molecule has 0 amide bonds. The number of hydrogen-bond acceptors (Lipinski definition) is 2. The highest BCUT2D eigenvalue weighted by atomic mass is 19.4. The Morgan fingerprint density at radius 2 is 1.87 bits per heavy atom. The van der Waals surface area contributed by atoms with Crippen LogP contribution in [0.2, 0.25) is 0 Å². The molecule has 0 saturated carbocycles. The predicted molar refractivity (Wildman–Crippen MR) is 53.8 cm³/mol. The van der Waals surface area contributed by atoms with Gasteiger partial charge in [-0.3, -0.25) is 0 Å². The Morgan fingerprint density at radius 1 is 1.27 bits per heavy atom. The first-order valence-corrected chi connectivity index (χ1v) is 5.30. The molecule has 2 unspecified atom stereocenters. The minimum absolute atomic E-state index is 0.0680. The van der Waals surface area contributed by atoms with Crippen LogP contribution >= 0.6 is 0 Å². The molecular weight excluding hydrogens is 207 g/mol. The number of ether oxygens (including phenoxy) is 1. The van der Waals surface area contributed by atoms with Gasteiger partial charge in [-0.25, -0.2) is 0 Å². The Labute approximate surface area is 89.2 Å². The SMILES string of the molecule is CCOC(CC)C(CCC(F)(F)F)NC. The molecule has 15 heavy (non-hydrogen) atoms. The fourth-order valence-corrected chi connectivity index (χ4v) is 1.57. The lowest BCUT2D eigenvalue weighted by atomic mass is 10.0. The molecule has 0 aliphatic carbocycles. The molecule has 92 valence electrons. The van der Waals surface area contributed by atoms with Gasteiger partial charge in [-0.15, -0.1) is 0 Å². The predicted octanol–water partition coefficient (Wildman–Crippen LogP) is 2.73. The van der Waals surface area contributed by atoms with E-state index in [0.717, 1.165) is 6.42 Å². The second-order valence-corrected chi connectivity index (χ2v) is 3.45. The van der Waals surface area contributed by atoms with Gasteiger partial charge in [0.1, 0.15) is 0 Å². The summed E-state index contributed by atoms with van der Waals surface area (Å²) in [5.41, 5.74) is 0. The van der Waals surface area contributed by atoms with Crippen molar-refractivity contribution in [2.24, 2.45) is 0 Å². The number of hydrogen-bond donors (Lipinski definition) is 1. The van der Waals surface area contributed by atoms with E-state index in [-0.39, 0.29) is 18.6 Å². The molecule has 0 aromatic rings. The Morgan fingerprint density at radius 3 is 2.20 bits per heavy atom. The van der Waals surface area contributed by atoms with E-state index in [9.17, 15) is 13.2 Å². The third kappa shape index (κ3) is 6.73. The van der Waals surface area contributed by atoms with E-state index in [4.69, 9.17) is 4.74 Å². The van der Waals surface area contributed by atoms with Crippen LogP contribution in [0.3, 0.4) is 0 Å². The van der Waals surface area contributed by atoms with Crippen LogP contribution < -0.4 is 5.32 Å². The van der Waals surface area contributed by atoms with Crippen LogP contribution in [-0.2, 0) is 4.74 Å². The molecule has 0 aromatic heterocycles. The monoisotopic (exact) mass is 227 g/mol. The van der Waals surface area contributed by atoms with E-state index in [0.29, 0.717) is 6.61 Å². The Bertz CT molecular complexity index is 161. The summed E-state index contributed by atoms with van der Waals surface area (Å²) in [6, 6.07) is -0.225. The number of likely N-dealkylation sites (N-methyl/N-ethyl adjacent to an activating group) is 1. The molecule has 1 N–H and O–H groups in total. The van der Waals surface area contributed by atoms with Gasteiger partial charge >= 0.3 is 6.18 Å². The fraction of sp³-hybridized carbons (Fsp3) is 1.00. The largest absolute Gasteiger partial charge is 0.389 e. The molecule has 0 bridgehead atoms. The van der Waals surface area contributed by atoms with Crippen LogP contribution in [0, 0.1) is 0 Å². The summed E-state index contributed by atoms with van der Waals surface area (Å²) < 4.78 is 41.5. The van der Waals surface area contributed by atoms with Crippen LogP contribution in [0.1, 0.15) is 33.1 Å². The molecule has 0 rings (SSSR count). The summed E-state index contributed by atoms with van der Waals surface area (Å²) in [6.07, 6.45) is -4.19. The molecule has 0 aromatic carbocycles. The minimum Gasteiger partial charge on any atom is -0.377 e. The molecule has 0 aliphatic heterocycles. The molecule has 0 heterocycles. The van der Waals surface area contributed by atoms with Crippen LogP contribution in [0.25, 0.3) is 0 Å². The van der Waals surface area contributed by atoms with Crippen molar-refractivity contribution < 1.29 is 17.9 Å². The molecule has 2 atom stereocenters. The highest BCUT2D eigenvalue weighted by Crippen LogP contribution is 2.23. The van der Waals surface area contributed by atoms with E-state index in [1.165, 1.54) is 0 Å². The average Bonchev–Trinajstić information content (AvgIpc) is 2.15. The number of nitrogens with one attached hydrogen (secondary N) is 1. The average molecular weight is 227 g/mol. The van der Waals surface area contributed by atoms with Crippen molar-refractivity contribution in [3.63, 3.8) is 0 Å². The van der Waals surface area contributed by atoms with E-state index in [2.05, 4.69) is 5.32 Å². The highest BCUT2D eigenvalue weighted by Gasteiger charge is 2.30. The summed E-state index contributed by atoms with van der Waals surface area (Å²) in [5.74, 6) is 0. The highest BCUT2D eigenvalue weighted by molar-refractivity contribution is 4.76. The van der Waals surface area contributed by atoms with Gasteiger partial charge in [-0.1, -0.05) is 6.92 Å². The lowest BCUT2D eigenvalue weighted by Gasteiger charge is -2.26. The lowest BCUT2D eigenvalue weighted by Crippen LogP contribution is -2.39. The zero-order valence-corrected chi connectivity index (χ0v) is 9.53. The summed E-state index contributed by atoms with van der Waals surface area (Å²) in [4.78, 5) is 0. The number of halogens is 3. The quantitative estimate of drug-likeness (QED) is 0.722. The van der Waals surface area contributed by atoms with Crippen molar-refractivity contribution in [3.8, 4) is 0 Å².